The Morgan fingerprint density at radius 3 is 2.62 bits per heavy atom. The third-order valence-electron chi connectivity index (χ3n) is 1.58. The fourth-order valence-corrected chi connectivity index (χ4v) is 0.910. The molecular formula is C10H17N3. The van der Waals surface area contributed by atoms with Crippen molar-refractivity contribution < 1.29 is 0 Å². The summed E-state index contributed by atoms with van der Waals surface area (Å²) in [5.74, 6) is 1.71. The van der Waals surface area contributed by atoms with E-state index in [4.69, 9.17) is 0 Å². The minimum Gasteiger partial charge on any atom is -0.369 e. The molecule has 0 saturated heterocycles. The van der Waals surface area contributed by atoms with Gasteiger partial charge in [-0.1, -0.05) is 20.8 Å². The Bertz CT molecular complexity index is 276. The molecule has 0 saturated carbocycles. The maximum atomic E-state index is 4.25. The fourth-order valence-electron chi connectivity index (χ4n) is 0.910. The number of aryl methyl sites for hydroxylation is 1. The van der Waals surface area contributed by atoms with E-state index >= 15 is 0 Å². The van der Waals surface area contributed by atoms with E-state index in [2.05, 4.69) is 36.1 Å². The first-order valence-corrected chi connectivity index (χ1v) is 4.51. The van der Waals surface area contributed by atoms with Crippen LogP contribution in [0.4, 0.5) is 5.82 Å². The van der Waals surface area contributed by atoms with E-state index in [1.54, 1.807) is 6.20 Å². The lowest BCUT2D eigenvalue weighted by Crippen LogP contribution is -2.19. The second kappa shape index (κ2) is 3.73. The molecule has 0 spiro atoms. The Kier molecular flexibility index (Phi) is 2.86. The van der Waals surface area contributed by atoms with Gasteiger partial charge in [-0.3, -0.25) is 0 Å². The van der Waals surface area contributed by atoms with E-state index in [-0.39, 0.29) is 5.41 Å². The number of nitrogens with one attached hydrogen (secondary N) is 1. The molecule has 0 unspecified atom stereocenters. The lowest BCUT2D eigenvalue weighted by atomic mass is 9.97. The Labute approximate surface area is 79.6 Å². The zero-order valence-electron chi connectivity index (χ0n) is 8.76. The van der Waals surface area contributed by atoms with E-state index in [0.717, 1.165) is 18.2 Å². The molecule has 72 valence electrons. The average molecular weight is 179 g/mol. The van der Waals surface area contributed by atoms with Crippen LogP contribution in [0.5, 0.6) is 0 Å². The number of nitrogens with zero attached hydrogens (tertiary/aromatic N) is 2. The summed E-state index contributed by atoms with van der Waals surface area (Å²) in [7, 11) is 0. The van der Waals surface area contributed by atoms with Gasteiger partial charge in [0.25, 0.3) is 0 Å². The van der Waals surface area contributed by atoms with Gasteiger partial charge in [0.15, 0.2) is 0 Å². The SMILES string of the molecule is Cc1nccc(NCC(C)(C)C)n1. The minimum absolute atomic E-state index is 0.277. The zero-order chi connectivity index (χ0) is 9.90. The van der Waals surface area contributed by atoms with Gasteiger partial charge in [-0.25, -0.2) is 9.97 Å². The van der Waals surface area contributed by atoms with Crippen LogP contribution < -0.4 is 5.32 Å². The minimum atomic E-state index is 0.277. The van der Waals surface area contributed by atoms with Crippen LogP contribution in [0, 0.1) is 12.3 Å². The summed E-state index contributed by atoms with van der Waals surface area (Å²) in [6, 6.07) is 1.89. The Morgan fingerprint density at radius 1 is 1.38 bits per heavy atom. The van der Waals surface area contributed by atoms with Crippen LogP contribution >= 0.6 is 0 Å². The molecule has 3 heteroatoms. The number of hydrogen-bond donors (Lipinski definition) is 1. The molecule has 0 aromatic carbocycles. The predicted molar refractivity (Wildman–Crippen MR) is 54.7 cm³/mol. The molecule has 1 N–H and O–H groups in total. The molecule has 0 aliphatic carbocycles. The first-order chi connectivity index (χ1) is 5.97. The number of anilines is 1. The van der Waals surface area contributed by atoms with Crippen molar-refractivity contribution in [1.29, 1.82) is 0 Å². The first kappa shape index (κ1) is 9.96. The lowest BCUT2D eigenvalue weighted by Gasteiger charge is -2.18. The van der Waals surface area contributed by atoms with Crippen LogP contribution in [-0.2, 0) is 0 Å². The molecule has 0 fully saturated rings. The van der Waals surface area contributed by atoms with E-state index < -0.39 is 0 Å². The maximum absolute atomic E-state index is 4.25. The predicted octanol–water partition coefficient (Wildman–Crippen LogP) is 2.24. The molecule has 13 heavy (non-hydrogen) atoms. The Hall–Kier alpha value is -1.12. The summed E-state index contributed by atoms with van der Waals surface area (Å²) in [4.78, 5) is 8.29. The van der Waals surface area contributed by atoms with Crippen molar-refractivity contribution in [3.63, 3.8) is 0 Å². The van der Waals surface area contributed by atoms with Gasteiger partial charge in [-0.2, -0.15) is 0 Å². The molecule has 1 aromatic heterocycles. The van der Waals surface area contributed by atoms with Crippen molar-refractivity contribution in [2.24, 2.45) is 5.41 Å². The van der Waals surface area contributed by atoms with Gasteiger partial charge in [0.2, 0.25) is 0 Å². The maximum Gasteiger partial charge on any atom is 0.129 e. The zero-order valence-corrected chi connectivity index (χ0v) is 8.76. The van der Waals surface area contributed by atoms with Gasteiger partial charge in [0, 0.05) is 12.7 Å². The molecule has 1 aromatic rings. The molecular weight excluding hydrogens is 162 g/mol. The summed E-state index contributed by atoms with van der Waals surface area (Å²) in [5.41, 5.74) is 0.277. The normalized spacial score (nSPS) is 11.4. The number of rotatable bonds is 2. The molecule has 0 atom stereocenters. The van der Waals surface area contributed by atoms with Gasteiger partial charge >= 0.3 is 0 Å². The second-order valence-electron chi connectivity index (χ2n) is 4.40. The molecule has 0 bridgehead atoms. The van der Waals surface area contributed by atoms with Crippen LogP contribution in [0.25, 0.3) is 0 Å². The molecule has 0 aliphatic heterocycles. The summed E-state index contributed by atoms with van der Waals surface area (Å²) < 4.78 is 0. The molecule has 0 radical (unpaired) electrons. The van der Waals surface area contributed by atoms with Crippen molar-refractivity contribution >= 4 is 5.82 Å². The molecule has 1 heterocycles. The highest BCUT2D eigenvalue weighted by atomic mass is 15.0. The Balaban J connectivity index is 2.55. The summed E-state index contributed by atoms with van der Waals surface area (Å²) in [6.45, 7) is 9.38. The third-order valence-corrected chi connectivity index (χ3v) is 1.58. The van der Waals surface area contributed by atoms with Crippen LogP contribution in [0.15, 0.2) is 12.3 Å². The highest BCUT2D eigenvalue weighted by molar-refractivity contribution is 5.32. The molecule has 0 aliphatic rings. The van der Waals surface area contributed by atoms with Gasteiger partial charge in [-0.05, 0) is 18.4 Å². The van der Waals surface area contributed by atoms with Crippen molar-refractivity contribution in [3.05, 3.63) is 18.1 Å². The summed E-state index contributed by atoms with van der Waals surface area (Å²) in [6.07, 6.45) is 1.77. The highest BCUT2D eigenvalue weighted by Crippen LogP contribution is 2.13. The van der Waals surface area contributed by atoms with E-state index in [0.29, 0.717) is 0 Å². The third kappa shape index (κ3) is 3.87. The largest absolute Gasteiger partial charge is 0.369 e. The van der Waals surface area contributed by atoms with Crippen LogP contribution in [-0.4, -0.2) is 16.5 Å². The fraction of sp³-hybridized carbons (Fsp3) is 0.600. The van der Waals surface area contributed by atoms with E-state index in [9.17, 15) is 0 Å². The highest BCUT2D eigenvalue weighted by Gasteiger charge is 2.09. The topological polar surface area (TPSA) is 37.8 Å². The molecule has 3 nitrogen and oxygen atoms in total. The van der Waals surface area contributed by atoms with Crippen LogP contribution in [0.2, 0.25) is 0 Å². The number of aromatic nitrogens is 2. The lowest BCUT2D eigenvalue weighted by molar-refractivity contribution is 0.442. The second-order valence-corrected chi connectivity index (χ2v) is 4.40. The van der Waals surface area contributed by atoms with Crippen molar-refractivity contribution in [3.8, 4) is 0 Å². The monoisotopic (exact) mass is 179 g/mol. The van der Waals surface area contributed by atoms with E-state index in [1.807, 2.05) is 13.0 Å². The Morgan fingerprint density at radius 2 is 2.08 bits per heavy atom. The van der Waals surface area contributed by atoms with Gasteiger partial charge in [0.1, 0.15) is 11.6 Å². The summed E-state index contributed by atoms with van der Waals surface area (Å²) >= 11 is 0. The van der Waals surface area contributed by atoms with Crippen LogP contribution in [0.1, 0.15) is 26.6 Å². The van der Waals surface area contributed by atoms with Crippen molar-refractivity contribution in [2.45, 2.75) is 27.7 Å². The van der Waals surface area contributed by atoms with Crippen molar-refractivity contribution in [2.75, 3.05) is 11.9 Å². The molecule has 0 amide bonds. The standard InChI is InChI=1S/C10H17N3/c1-8-11-6-5-9(13-8)12-7-10(2,3)4/h5-6H,7H2,1-4H3,(H,11,12,13). The quantitative estimate of drug-likeness (QED) is 0.756. The van der Waals surface area contributed by atoms with Gasteiger partial charge in [0.05, 0.1) is 0 Å². The molecule has 1 rings (SSSR count). The average Bonchev–Trinajstić information content (AvgIpc) is 2.00. The smallest absolute Gasteiger partial charge is 0.129 e. The number of hydrogen-bond acceptors (Lipinski definition) is 3. The van der Waals surface area contributed by atoms with Gasteiger partial charge < -0.3 is 5.32 Å². The van der Waals surface area contributed by atoms with Crippen LogP contribution in [0.3, 0.4) is 0 Å². The first-order valence-electron chi connectivity index (χ1n) is 4.51. The van der Waals surface area contributed by atoms with E-state index in [1.165, 1.54) is 0 Å². The van der Waals surface area contributed by atoms with Crippen molar-refractivity contribution in [1.82, 2.24) is 9.97 Å². The van der Waals surface area contributed by atoms with Gasteiger partial charge in [-0.15, -0.1) is 0 Å². The summed E-state index contributed by atoms with van der Waals surface area (Å²) in [5, 5.41) is 3.27.